The van der Waals surface area contributed by atoms with E-state index in [2.05, 4.69) is 20.4 Å². The van der Waals surface area contributed by atoms with Crippen LogP contribution in [0.3, 0.4) is 0 Å². The number of nitrogens with zero attached hydrogens (tertiary/aromatic N) is 3. The van der Waals surface area contributed by atoms with E-state index in [0.717, 1.165) is 23.9 Å². The molecule has 33 heavy (non-hydrogen) atoms. The summed E-state index contributed by atoms with van der Waals surface area (Å²) in [6.07, 6.45) is -4.52. The molecule has 4 aromatic rings. The number of thioether (sulfide) groups is 1. The molecule has 12 heteroatoms. The first-order chi connectivity index (χ1) is 15.7. The van der Waals surface area contributed by atoms with E-state index >= 15 is 0 Å². The number of H-pyrrole nitrogens is 1. The first-order valence-electron chi connectivity index (χ1n) is 9.47. The highest BCUT2D eigenvalue weighted by atomic mass is 32.2. The van der Waals surface area contributed by atoms with Crippen LogP contribution in [0.4, 0.5) is 18.9 Å². The van der Waals surface area contributed by atoms with Crippen molar-refractivity contribution in [2.75, 3.05) is 18.2 Å². The molecule has 0 fully saturated rings. The number of ether oxygens (including phenoxy) is 1. The second kappa shape index (κ2) is 8.98. The van der Waals surface area contributed by atoms with Crippen molar-refractivity contribution < 1.29 is 22.7 Å². The summed E-state index contributed by atoms with van der Waals surface area (Å²) < 4.78 is 45.2. The Hall–Kier alpha value is -3.80. The molecule has 0 spiro atoms. The average Bonchev–Trinajstić information content (AvgIpc) is 3.17. The van der Waals surface area contributed by atoms with Gasteiger partial charge in [-0.3, -0.25) is 14.7 Å². The van der Waals surface area contributed by atoms with Gasteiger partial charge in [-0.05, 0) is 30.3 Å². The van der Waals surface area contributed by atoms with Gasteiger partial charge in [0.25, 0.3) is 5.56 Å². The first-order valence-corrected chi connectivity index (χ1v) is 10.5. The molecule has 2 N–H and O–H groups in total. The van der Waals surface area contributed by atoms with Crippen molar-refractivity contribution in [2.45, 2.75) is 11.3 Å². The Kier molecular flexibility index (Phi) is 6.09. The zero-order valence-corrected chi connectivity index (χ0v) is 17.8. The molecule has 4 rings (SSSR count). The maximum absolute atomic E-state index is 12.9. The maximum Gasteiger partial charge on any atom is 0.416 e. The number of aromatic nitrogens is 4. The lowest BCUT2D eigenvalue weighted by Gasteiger charge is -2.10. The molecule has 2 aromatic carbocycles. The number of hydrogen-bond donors (Lipinski definition) is 2. The molecule has 0 saturated carbocycles. The van der Waals surface area contributed by atoms with E-state index < -0.39 is 23.2 Å². The van der Waals surface area contributed by atoms with Crippen molar-refractivity contribution in [1.82, 2.24) is 19.6 Å². The molecular weight excluding hydrogens is 459 g/mol. The van der Waals surface area contributed by atoms with Gasteiger partial charge in [-0.15, -0.1) is 0 Å². The fourth-order valence-electron chi connectivity index (χ4n) is 2.97. The second-order valence-electron chi connectivity index (χ2n) is 6.79. The average molecular weight is 475 g/mol. The normalized spacial score (nSPS) is 11.5. The highest BCUT2D eigenvalue weighted by Gasteiger charge is 2.30. The molecule has 0 bridgehead atoms. The molecule has 0 radical (unpaired) electrons. The quantitative estimate of drug-likeness (QED) is 0.411. The molecule has 1 amide bonds. The van der Waals surface area contributed by atoms with E-state index in [-0.39, 0.29) is 16.6 Å². The van der Waals surface area contributed by atoms with Crippen LogP contribution in [0.1, 0.15) is 5.56 Å². The first kappa shape index (κ1) is 22.4. The van der Waals surface area contributed by atoms with E-state index in [4.69, 9.17) is 4.74 Å². The zero-order valence-electron chi connectivity index (χ0n) is 17.0. The third-order valence-corrected chi connectivity index (χ3v) is 5.40. The van der Waals surface area contributed by atoms with Gasteiger partial charge >= 0.3 is 6.18 Å². The summed E-state index contributed by atoms with van der Waals surface area (Å²) >= 11 is 0.995. The highest BCUT2D eigenvalue weighted by molar-refractivity contribution is 7.99. The van der Waals surface area contributed by atoms with Crippen molar-refractivity contribution in [3.05, 3.63) is 70.5 Å². The second-order valence-corrected chi connectivity index (χ2v) is 7.73. The van der Waals surface area contributed by atoms with E-state index in [1.54, 1.807) is 24.3 Å². The number of rotatable bonds is 6. The van der Waals surface area contributed by atoms with E-state index in [9.17, 15) is 22.8 Å². The van der Waals surface area contributed by atoms with Gasteiger partial charge in [0.2, 0.25) is 5.91 Å². The molecule has 8 nitrogen and oxygen atoms in total. The minimum atomic E-state index is -4.52. The Morgan fingerprint density at radius 1 is 1.15 bits per heavy atom. The summed E-state index contributed by atoms with van der Waals surface area (Å²) in [6, 6.07) is 12.7. The number of hydrogen-bond acceptors (Lipinski definition) is 6. The van der Waals surface area contributed by atoms with Crippen molar-refractivity contribution in [1.29, 1.82) is 0 Å². The van der Waals surface area contributed by atoms with Gasteiger partial charge in [0.05, 0.1) is 18.4 Å². The Morgan fingerprint density at radius 2 is 1.94 bits per heavy atom. The molecule has 0 aliphatic carbocycles. The number of amides is 1. The van der Waals surface area contributed by atoms with Crippen molar-refractivity contribution >= 4 is 29.0 Å². The molecule has 0 saturated heterocycles. The summed E-state index contributed by atoms with van der Waals surface area (Å²) in [5, 5.41) is 5.28. The van der Waals surface area contributed by atoms with Gasteiger partial charge in [0, 0.05) is 17.3 Å². The van der Waals surface area contributed by atoms with Crippen LogP contribution in [0.5, 0.6) is 5.75 Å². The Labute approximate surface area is 188 Å². The minimum Gasteiger partial charge on any atom is -0.497 e. The fourth-order valence-corrected chi connectivity index (χ4v) is 3.72. The summed E-state index contributed by atoms with van der Waals surface area (Å²) in [5.41, 5.74) is -0.301. The van der Waals surface area contributed by atoms with Crippen LogP contribution in [0.15, 0.2) is 64.5 Å². The van der Waals surface area contributed by atoms with Crippen LogP contribution in [-0.2, 0) is 11.0 Å². The summed E-state index contributed by atoms with van der Waals surface area (Å²) in [7, 11) is 1.53. The third-order valence-electron chi connectivity index (χ3n) is 4.46. The molecular formula is C21H16F3N5O3S. The van der Waals surface area contributed by atoms with Crippen LogP contribution >= 0.6 is 11.8 Å². The highest BCUT2D eigenvalue weighted by Crippen LogP contribution is 2.31. The van der Waals surface area contributed by atoms with Gasteiger partial charge in [-0.2, -0.15) is 13.2 Å². The van der Waals surface area contributed by atoms with Crippen molar-refractivity contribution in [2.24, 2.45) is 0 Å². The van der Waals surface area contributed by atoms with Crippen LogP contribution in [0.25, 0.3) is 17.0 Å². The Bertz CT molecular complexity index is 1380. The van der Waals surface area contributed by atoms with Crippen LogP contribution in [-0.4, -0.2) is 38.4 Å². The molecule has 2 aromatic heterocycles. The molecule has 0 aliphatic heterocycles. The largest absolute Gasteiger partial charge is 0.497 e. The van der Waals surface area contributed by atoms with Gasteiger partial charge in [0.1, 0.15) is 5.75 Å². The predicted octanol–water partition coefficient (Wildman–Crippen LogP) is 3.84. The number of fused-ring (bicyclic) bond motifs is 1. The number of anilines is 1. The maximum atomic E-state index is 12.9. The summed E-state index contributed by atoms with van der Waals surface area (Å²) in [4.78, 5) is 33.0. The van der Waals surface area contributed by atoms with Crippen molar-refractivity contribution in [3.63, 3.8) is 0 Å². The monoisotopic (exact) mass is 475 g/mol. The summed E-state index contributed by atoms with van der Waals surface area (Å²) in [6.45, 7) is 0. The number of carbonyl (C=O) groups excluding carboxylic acids is 1. The number of methoxy groups -OCH3 is 1. The molecule has 0 atom stereocenters. The molecule has 2 heterocycles. The lowest BCUT2D eigenvalue weighted by atomic mass is 10.2. The number of nitrogens with one attached hydrogen (secondary N) is 2. The number of aromatic amines is 1. The van der Waals surface area contributed by atoms with Crippen LogP contribution in [0, 0.1) is 0 Å². The number of alkyl halides is 3. The standard InChI is InChI=1S/C21H16F3N5O3S/c1-32-15-7-2-4-12(8-15)19-26-16-10-17(30)28-29(16)20(27-19)33-11-18(31)25-14-6-3-5-13(9-14)21(22,23)24/h2-10H,11H2,1H3,(H,25,31)(H,28,30). The zero-order chi connectivity index (χ0) is 23.6. The number of carbonyl (C=O) groups is 1. The predicted molar refractivity (Wildman–Crippen MR) is 116 cm³/mol. The van der Waals surface area contributed by atoms with Gasteiger partial charge in [-0.25, -0.2) is 14.5 Å². The topological polar surface area (TPSA) is 101 Å². The van der Waals surface area contributed by atoms with Crippen LogP contribution < -0.4 is 15.6 Å². The Morgan fingerprint density at radius 3 is 2.70 bits per heavy atom. The van der Waals surface area contributed by atoms with Gasteiger partial charge in [0.15, 0.2) is 16.6 Å². The van der Waals surface area contributed by atoms with Crippen LogP contribution in [0.2, 0.25) is 0 Å². The molecule has 0 aliphatic rings. The van der Waals surface area contributed by atoms with E-state index in [1.165, 1.54) is 29.8 Å². The minimum absolute atomic E-state index is 0.0229. The SMILES string of the molecule is COc1cccc(-c2nc(SCC(=O)Nc3cccc(C(F)(F)F)c3)n3[nH]c(=O)cc3n2)c1. The summed E-state index contributed by atoms with van der Waals surface area (Å²) in [5.74, 6) is 0.203. The van der Waals surface area contributed by atoms with Gasteiger partial charge < -0.3 is 10.1 Å². The van der Waals surface area contributed by atoms with E-state index in [0.29, 0.717) is 22.8 Å². The number of benzene rings is 2. The third kappa shape index (κ3) is 5.17. The lowest BCUT2D eigenvalue weighted by molar-refractivity contribution is -0.137. The van der Waals surface area contributed by atoms with Gasteiger partial charge in [-0.1, -0.05) is 30.0 Å². The lowest BCUT2D eigenvalue weighted by Crippen LogP contribution is -2.16. The van der Waals surface area contributed by atoms with E-state index in [1.807, 2.05) is 0 Å². The molecule has 170 valence electrons. The smallest absolute Gasteiger partial charge is 0.416 e. The van der Waals surface area contributed by atoms with Crippen molar-refractivity contribution in [3.8, 4) is 17.1 Å². The molecule has 0 unspecified atom stereocenters. The number of halogens is 3. The Balaban J connectivity index is 1.57. The fraction of sp³-hybridized carbons (Fsp3) is 0.143.